The van der Waals surface area contributed by atoms with Gasteiger partial charge in [-0.25, -0.2) is 0 Å². The molecule has 0 bridgehead atoms. The Labute approximate surface area is 110 Å². The normalized spacial score (nSPS) is 25.7. The molecular formula is C15H24N2O. The number of ether oxygens (including phenoxy) is 1. The molecule has 0 spiro atoms. The molecule has 1 aromatic carbocycles. The van der Waals surface area contributed by atoms with Crippen LogP contribution >= 0.6 is 0 Å². The number of hydrogen-bond donors (Lipinski definition) is 1. The van der Waals surface area contributed by atoms with Gasteiger partial charge in [0.25, 0.3) is 0 Å². The minimum Gasteiger partial charge on any atom is -0.497 e. The third-order valence-corrected chi connectivity index (χ3v) is 4.00. The molecule has 0 aliphatic carbocycles. The number of methoxy groups -OCH3 is 1. The lowest BCUT2D eigenvalue weighted by Crippen LogP contribution is -2.32. The average Bonchev–Trinajstić information content (AvgIpc) is 2.60. The molecule has 1 heterocycles. The number of nitrogens with two attached hydrogens (primary N) is 1. The molecule has 1 aliphatic rings. The van der Waals surface area contributed by atoms with Crippen molar-refractivity contribution in [3.05, 3.63) is 29.8 Å². The Bertz CT molecular complexity index is 381. The highest BCUT2D eigenvalue weighted by molar-refractivity contribution is 5.31. The molecule has 2 atom stereocenters. The van der Waals surface area contributed by atoms with Crippen molar-refractivity contribution in [3.63, 3.8) is 0 Å². The lowest BCUT2D eigenvalue weighted by atomic mass is 9.89. The molecule has 1 fully saturated rings. The predicted octanol–water partition coefficient (Wildman–Crippen LogP) is 2.43. The van der Waals surface area contributed by atoms with Gasteiger partial charge in [-0.1, -0.05) is 18.6 Å². The first-order valence-electron chi connectivity index (χ1n) is 6.80. The van der Waals surface area contributed by atoms with Crippen LogP contribution in [-0.2, 0) is 0 Å². The molecule has 0 aromatic heterocycles. The molecule has 2 unspecified atom stereocenters. The van der Waals surface area contributed by atoms with Crippen LogP contribution in [0.2, 0.25) is 0 Å². The van der Waals surface area contributed by atoms with Crippen molar-refractivity contribution in [2.24, 2.45) is 11.7 Å². The average molecular weight is 248 g/mol. The highest BCUT2D eigenvalue weighted by atomic mass is 16.5. The fraction of sp³-hybridized carbons (Fsp3) is 0.600. The van der Waals surface area contributed by atoms with Crippen molar-refractivity contribution in [1.29, 1.82) is 0 Å². The molecule has 3 nitrogen and oxygen atoms in total. The van der Waals surface area contributed by atoms with Crippen LogP contribution in [0.3, 0.4) is 0 Å². The molecule has 1 saturated heterocycles. The maximum Gasteiger partial charge on any atom is 0.119 e. The van der Waals surface area contributed by atoms with Gasteiger partial charge >= 0.3 is 0 Å². The number of hydrogen-bond acceptors (Lipinski definition) is 3. The summed E-state index contributed by atoms with van der Waals surface area (Å²) in [5, 5.41) is 0. The maximum atomic E-state index is 5.98. The zero-order chi connectivity index (χ0) is 13.0. The number of likely N-dealkylation sites (tertiary alicyclic amines) is 1. The molecule has 0 saturated carbocycles. The second kappa shape index (κ2) is 6.21. The Hall–Kier alpha value is -1.06. The number of benzene rings is 1. The summed E-state index contributed by atoms with van der Waals surface area (Å²) in [6, 6.07) is 8.83. The summed E-state index contributed by atoms with van der Waals surface area (Å²) in [7, 11) is 3.93. The molecule has 0 radical (unpaired) electrons. The molecule has 2 N–H and O–H groups in total. The van der Waals surface area contributed by atoms with Gasteiger partial charge in [-0.05, 0) is 56.6 Å². The minimum atomic E-state index is 0.424. The smallest absolute Gasteiger partial charge is 0.119 e. The van der Waals surface area contributed by atoms with Gasteiger partial charge < -0.3 is 10.5 Å². The predicted molar refractivity (Wildman–Crippen MR) is 74.8 cm³/mol. The van der Waals surface area contributed by atoms with Gasteiger partial charge in [-0.3, -0.25) is 4.90 Å². The monoisotopic (exact) mass is 248 g/mol. The maximum absolute atomic E-state index is 5.98. The van der Waals surface area contributed by atoms with Gasteiger partial charge in [0, 0.05) is 6.04 Å². The largest absolute Gasteiger partial charge is 0.497 e. The highest BCUT2D eigenvalue weighted by Crippen LogP contribution is 2.34. The van der Waals surface area contributed by atoms with Gasteiger partial charge in [-0.2, -0.15) is 0 Å². The standard InChI is InChI=1S/C15H24N2O/c1-17-9-4-3-6-13(11-16)15(17)12-7-5-8-14(10-12)18-2/h5,7-8,10,13,15H,3-4,6,9,11,16H2,1-2H3. The SMILES string of the molecule is COc1cccc(C2C(CN)CCCCN2C)c1. The topological polar surface area (TPSA) is 38.5 Å². The zero-order valence-electron chi connectivity index (χ0n) is 11.4. The van der Waals surface area contributed by atoms with E-state index in [0.29, 0.717) is 12.0 Å². The lowest BCUT2D eigenvalue weighted by Gasteiger charge is -2.32. The van der Waals surface area contributed by atoms with E-state index in [4.69, 9.17) is 10.5 Å². The van der Waals surface area contributed by atoms with Gasteiger partial charge in [0.2, 0.25) is 0 Å². The number of nitrogens with zero attached hydrogens (tertiary/aromatic N) is 1. The van der Waals surface area contributed by atoms with Crippen molar-refractivity contribution in [3.8, 4) is 5.75 Å². The van der Waals surface area contributed by atoms with Crippen molar-refractivity contribution < 1.29 is 4.74 Å². The zero-order valence-corrected chi connectivity index (χ0v) is 11.4. The fourth-order valence-corrected chi connectivity index (χ4v) is 3.02. The molecule has 3 heteroatoms. The lowest BCUT2D eigenvalue weighted by molar-refractivity contribution is 0.195. The summed E-state index contributed by atoms with van der Waals surface area (Å²) in [4.78, 5) is 2.44. The van der Waals surface area contributed by atoms with Crippen LogP contribution in [0.1, 0.15) is 30.9 Å². The van der Waals surface area contributed by atoms with Gasteiger partial charge in [0.1, 0.15) is 5.75 Å². The summed E-state index contributed by atoms with van der Waals surface area (Å²) >= 11 is 0. The Morgan fingerprint density at radius 1 is 1.39 bits per heavy atom. The fourth-order valence-electron chi connectivity index (χ4n) is 3.02. The van der Waals surface area contributed by atoms with Crippen molar-refractivity contribution in [2.75, 3.05) is 27.2 Å². The molecule has 1 aromatic rings. The summed E-state index contributed by atoms with van der Waals surface area (Å²) in [6.07, 6.45) is 3.78. The van der Waals surface area contributed by atoms with E-state index in [2.05, 4.69) is 30.1 Å². The summed E-state index contributed by atoms with van der Waals surface area (Å²) < 4.78 is 5.33. The van der Waals surface area contributed by atoms with E-state index in [1.165, 1.54) is 24.8 Å². The summed E-state index contributed by atoms with van der Waals surface area (Å²) in [5.74, 6) is 1.48. The molecule has 2 rings (SSSR count). The number of rotatable bonds is 3. The Morgan fingerprint density at radius 3 is 2.94 bits per heavy atom. The minimum absolute atomic E-state index is 0.424. The Kier molecular flexibility index (Phi) is 4.61. The van der Waals surface area contributed by atoms with E-state index in [9.17, 15) is 0 Å². The van der Waals surface area contributed by atoms with E-state index in [0.717, 1.165) is 18.8 Å². The second-order valence-corrected chi connectivity index (χ2v) is 5.19. The second-order valence-electron chi connectivity index (χ2n) is 5.19. The highest BCUT2D eigenvalue weighted by Gasteiger charge is 2.28. The molecule has 18 heavy (non-hydrogen) atoms. The van der Waals surface area contributed by atoms with Gasteiger partial charge in [-0.15, -0.1) is 0 Å². The van der Waals surface area contributed by atoms with Crippen LogP contribution in [0, 0.1) is 5.92 Å². The first-order chi connectivity index (χ1) is 8.76. The van der Waals surface area contributed by atoms with Crippen molar-refractivity contribution in [2.45, 2.75) is 25.3 Å². The van der Waals surface area contributed by atoms with Crippen LogP contribution in [0.4, 0.5) is 0 Å². The quantitative estimate of drug-likeness (QED) is 0.893. The van der Waals surface area contributed by atoms with Gasteiger partial charge in [0.05, 0.1) is 7.11 Å². The van der Waals surface area contributed by atoms with Gasteiger partial charge in [0.15, 0.2) is 0 Å². The Morgan fingerprint density at radius 2 is 2.22 bits per heavy atom. The van der Waals surface area contributed by atoms with E-state index in [1.807, 2.05) is 6.07 Å². The third kappa shape index (κ3) is 2.85. The summed E-state index contributed by atoms with van der Waals surface area (Å²) in [6.45, 7) is 1.91. The summed E-state index contributed by atoms with van der Waals surface area (Å²) in [5.41, 5.74) is 7.30. The first-order valence-corrected chi connectivity index (χ1v) is 6.80. The van der Waals surface area contributed by atoms with Crippen LogP contribution in [0.5, 0.6) is 5.75 Å². The van der Waals surface area contributed by atoms with Crippen LogP contribution in [0.15, 0.2) is 24.3 Å². The first kappa shape index (κ1) is 13.4. The molecule has 100 valence electrons. The molecule has 0 amide bonds. The van der Waals surface area contributed by atoms with Crippen LogP contribution < -0.4 is 10.5 Å². The Balaban J connectivity index is 2.30. The van der Waals surface area contributed by atoms with Crippen LogP contribution in [-0.4, -0.2) is 32.1 Å². The molecular weight excluding hydrogens is 224 g/mol. The van der Waals surface area contributed by atoms with Crippen molar-refractivity contribution in [1.82, 2.24) is 4.90 Å². The van der Waals surface area contributed by atoms with E-state index < -0.39 is 0 Å². The van der Waals surface area contributed by atoms with E-state index >= 15 is 0 Å². The van der Waals surface area contributed by atoms with Crippen molar-refractivity contribution >= 4 is 0 Å². The third-order valence-electron chi connectivity index (χ3n) is 4.00. The van der Waals surface area contributed by atoms with E-state index in [1.54, 1.807) is 7.11 Å². The molecule has 1 aliphatic heterocycles. The van der Waals surface area contributed by atoms with E-state index in [-0.39, 0.29) is 0 Å². The van der Waals surface area contributed by atoms with Crippen LogP contribution in [0.25, 0.3) is 0 Å².